The van der Waals surface area contributed by atoms with Crippen LogP contribution in [0.3, 0.4) is 0 Å². The molecule has 19 heavy (non-hydrogen) atoms. The molecule has 2 heteroatoms. The summed E-state index contributed by atoms with van der Waals surface area (Å²) in [4.78, 5) is 0. The van der Waals surface area contributed by atoms with Crippen LogP contribution in [0.15, 0.2) is 42.1 Å². The minimum Gasteiger partial charge on any atom is -0.391 e. The lowest BCUT2D eigenvalue weighted by atomic mass is 9.96. The molecule has 1 aromatic carbocycles. The molecule has 104 valence electrons. The number of rotatable bonds is 6. The van der Waals surface area contributed by atoms with E-state index in [1.54, 1.807) is 0 Å². The van der Waals surface area contributed by atoms with Crippen LogP contribution in [0.5, 0.6) is 0 Å². The lowest BCUT2D eigenvalue weighted by Gasteiger charge is -2.13. The van der Waals surface area contributed by atoms with E-state index in [0.717, 1.165) is 6.54 Å². The maximum absolute atomic E-state index is 3.22. The highest BCUT2D eigenvalue weighted by Crippen LogP contribution is 2.22. The van der Waals surface area contributed by atoms with Crippen LogP contribution in [0.2, 0.25) is 0 Å². The standard InChI is InChI=1S/C17H26N2/c1-6-7-17(14(3)19-5)16-10-8-15(9-11-16)13(2)12-18-4/h6-11,13,18-19H,12H2,1-5H3/b7-6-,17-14+. The molecule has 0 fully saturated rings. The molecule has 2 nitrogen and oxygen atoms in total. The number of likely N-dealkylation sites (N-methyl/N-ethyl adjacent to an activating group) is 1. The molecule has 1 unspecified atom stereocenters. The number of benzene rings is 1. The molecule has 0 saturated heterocycles. The molecule has 1 atom stereocenters. The van der Waals surface area contributed by atoms with E-state index in [1.165, 1.54) is 22.4 Å². The van der Waals surface area contributed by atoms with Gasteiger partial charge in [0.05, 0.1) is 0 Å². The monoisotopic (exact) mass is 258 g/mol. The number of hydrogen-bond acceptors (Lipinski definition) is 2. The second-order valence-electron chi connectivity index (χ2n) is 4.87. The zero-order chi connectivity index (χ0) is 14.3. The summed E-state index contributed by atoms with van der Waals surface area (Å²) < 4.78 is 0. The van der Waals surface area contributed by atoms with Gasteiger partial charge in [-0.15, -0.1) is 0 Å². The summed E-state index contributed by atoms with van der Waals surface area (Å²) in [7, 11) is 3.95. The van der Waals surface area contributed by atoms with Gasteiger partial charge in [-0.25, -0.2) is 0 Å². The summed E-state index contributed by atoms with van der Waals surface area (Å²) in [6.07, 6.45) is 4.23. The average molecular weight is 258 g/mol. The molecule has 0 aliphatic heterocycles. The quantitative estimate of drug-likeness (QED) is 0.763. The minimum atomic E-state index is 0.540. The lowest BCUT2D eigenvalue weighted by Crippen LogP contribution is -2.14. The summed E-state index contributed by atoms with van der Waals surface area (Å²) in [6, 6.07) is 8.86. The SMILES string of the molecule is C/C=C\C(=C(\C)NC)c1ccc(C(C)CNC)cc1. The molecule has 0 aliphatic rings. The first kappa shape index (κ1) is 15.5. The van der Waals surface area contributed by atoms with Gasteiger partial charge in [0.25, 0.3) is 0 Å². The van der Waals surface area contributed by atoms with E-state index in [-0.39, 0.29) is 0 Å². The Balaban J connectivity index is 3.03. The summed E-state index contributed by atoms with van der Waals surface area (Å²) in [6.45, 7) is 7.40. The Morgan fingerprint density at radius 3 is 2.32 bits per heavy atom. The summed E-state index contributed by atoms with van der Waals surface area (Å²) >= 11 is 0. The smallest absolute Gasteiger partial charge is 0.0152 e. The molecule has 0 heterocycles. The van der Waals surface area contributed by atoms with Gasteiger partial charge in [0, 0.05) is 19.3 Å². The van der Waals surface area contributed by atoms with Crippen molar-refractivity contribution in [2.24, 2.45) is 0 Å². The highest BCUT2D eigenvalue weighted by Gasteiger charge is 2.06. The van der Waals surface area contributed by atoms with Gasteiger partial charge in [0.2, 0.25) is 0 Å². The van der Waals surface area contributed by atoms with E-state index in [4.69, 9.17) is 0 Å². The molecule has 1 rings (SSSR count). The molecule has 0 amide bonds. The van der Waals surface area contributed by atoms with Crippen molar-refractivity contribution in [3.63, 3.8) is 0 Å². The van der Waals surface area contributed by atoms with E-state index in [9.17, 15) is 0 Å². The normalized spacial score (nSPS) is 14.4. The first-order valence-corrected chi connectivity index (χ1v) is 6.90. The van der Waals surface area contributed by atoms with Gasteiger partial charge < -0.3 is 10.6 Å². The van der Waals surface area contributed by atoms with Gasteiger partial charge in [0.15, 0.2) is 0 Å². The van der Waals surface area contributed by atoms with Gasteiger partial charge in [-0.05, 0) is 43.5 Å². The summed E-state index contributed by atoms with van der Waals surface area (Å²) in [5.41, 5.74) is 5.07. The van der Waals surface area contributed by atoms with Crippen molar-refractivity contribution in [2.75, 3.05) is 20.6 Å². The minimum absolute atomic E-state index is 0.540. The highest BCUT2D eigenvalue weighted by molar-refractivity contribution is 5.76. The fraction of sp³-hybridized carbons (Fsp3) is 0.412. The second kappa shape index (κ2) is 7.80. The Hall–Kier alpha value is -1.54. The average Bonchev–Trinajstić information content (AvgIpc) is 2.44. The van der Waals surface area contributed by atoms with Crippen LogP contribution < -0.4 is 10.6 Å². The molecule has 0 radical (unpaired) electrons. The van der Waals surface area contributed by atoms with Crippen molar-refractivity contribution < 1.29 is 0 Å². The first-order chi connectivity index (χ1) is 9.13. The van der Waals surface area contributed by atoms with Gasteiger partial charge in [-0.1, -0.05) is 43.3 Å². The van der Waals surface area contributed by atoms with Gasteiger partial charge in [0.1, 0.15) is 0 Å². The Kier molecular flexibility index (Phi) is 6.37. The van der Waals surface area contributed by atoms with Crippen LogP contribution in [0, 0.1) is 0 Å². The molecular weight excluding hydrogens is 232 g/mol. The van der Waals surface area contributed by atoms with E-state index in [2.05, 4.69) is 60.9 Å². The number of allylic oxidation sites excluding steroid dienone is 4. The highest BCUT2D eigenvalue weighted by atomic mass is 14.8. The van der Waals surface area contributed by atoms with Gasteiger partial charge >= 0.3 is 0 Å². The first-order valence-electron chi connectivity index (χ1n) is 6.90. The number of hydrogen-bond donors (Lipinski definition) is 2. The van der Waals surface area contributed by atoms with E-state index < -0.39 is 0 Å². The molecule has 0 aromatic heterocycles. The van der Waals surface area contributed by atoms with Crippen molar-refractivity contribution in [1.82, 2.24) is 10.6 Å². The predicted octanol–water partition coefficient (Wildman–Crippen LogP) is 3.54. The van der Waals surface area contributed by atoms with Crippen LogP contribution in [0.25, 0.3) is 5.57 Å². The third kappa shape index (κ3) is 4.25. The maximum Gasteiger partial charge on any atom is 0.0152 e. The van der Waals surface area contributed by atoms with Crippen LogP contribution in [-0.4, -0.2) is 20.6 Å². The molecule has 0 saturated carbocycles. The second-order valence-corrected chi connectivity index (χ2v) is 4.87. The molecule has 0 spiro atoms. The Morgan fingerprint density at radius 1 is 1.21 bits per heavy atom. The molecule has 0 aliphatic carbocycles. The maximum atomic E-state index is 3.22. The fourth-order valence-corrected chi connectivity index (χ4v) is 2.15. The fourth-order valence-electron chi connectivity index (χ4n) is 2.15. The third-order valence-corrected chi connectivity index (χ3v) is 3.41. The summed E-state index contributed by atoms with van der Waals surface area (Å²) in [5, 5.41) is 6.44. The largest absolute Gasteiger partial charge is 0.391 e. The Labute approximate surface area is 117 Å². The van der Waals surface area contributed by atoms with Crippen LogP contribution in [0.4, 0.5) is 0 Å². The summed E-state index contributed by atoms with van der Waals surface area (Å²) in [5.74, 6) is 0.540. The van der Waals surface area contributed by atoms with Crippen molar-refractivity contribution in [3.05, 3.63) is 53.2 Å². The van der Waals surface area contributed by atoms with Gasteiger partial charge in [-0.2, -0.15) is 0 Å². The zero-order valence-corrected chi connectivity index (χ0v) is 12.7. The Morgan fingerprint density at radius 2 is 1.84 bits per heavy atom. The predicted molar refractivity (Wildman–Crippen MR) is 85.3 cm³/mol. The van der Waals surface area contributed by atoms with Crippen molar-refractivity contribution >= 4 is 5.57 Å². The molecular formula is C17H26N2. The molecule has 0 bridgehead atoms. The van der Waals surface area contributed by atoms with Crippen molar-refractivity contribution in [3.8, 4) is 0 Å². The Bertz CT molecular complexity index is 441. The molecule has 2 N–H and O–H groups in total. The van der Waals surface area contributed by atoms with Crippen LogP contribution >= 0.6 is 0 Å². The van der Waals surface area contributed by atoms with Crippen molar-refractivity contribution in [2.45, 2.75) is 26.7 Å². The topological polar surface area (TPSA) is 24.1 Å². The van der Waals surface area contributed by atoms with Crippen molar-refractivity contribution in [1.29, 1.82) is 0 Å². The van der Waals surface area contributed by atoms with E-state index in [1.807, 2.05) is 21.0 Å². The van der Waals surface area contributed by atoms with Crippen LogP contribution in [-0.2, 0) is 0 Å². The zero-order valence-electron chi connectivity index (χ0n) is 12.7. The van der Waals surface area contributed by atoms with Gasteiger partial charge in [-0.3, -0.25) is 0 Å². The van der Waals surface area contributed by atoms with E-state index in [0.29, 0.717) is 5.92 Å². The third-order valence-electron chi connectivity index (χ3n) is 3.41. The molecule has 1 aromatic rings. The van der Waals surface area contributed by atoms with E-state index >= 15 is 0 Å². The number of nitrogens with one attached hydrogen (secondary N) is 2. The lowest BCUT2D eigenvalue weighted by molar-refractivity contribution is 0.678. The van der Waals surface area contributed by atoms with Crippen LogP contribution in [0.1, 0.15) is 37.8 Å².